The smallest absolute Gasteiger partial charge is 0.374 e. The van der Waals surface area contributed by atoms with Crippen LogP contribution in [0.5, 0.6) is 0 Å². The summed E-state index contributed by atoms with van der Waals surface area (Å²) in [6.45, 7) is 4.56. The molecule has 0 aliphatic rings. The molecule has 0 aliphatic heterocycles. The van der Waals surface area contributed by atoms with E-state index in [-0.39, 0.29) is 11.5 Å². The van der Waals surface area contributed by atoms with Gasteiger partial charge in [0.25, 0.3) is 5.91 Å². The summed E-state index contributed by atoms with van der Waals surface area (Å²) in [5.41, 5.74) is -0.0132. The molecule has 0 saturated heterocycles. The molecule has 0 aromatic carbocycles. The Morgan fingerprint density at radius 1 is 1.62 bits per heavy atom. The topological polar surface area (TPSA) is 92.4 Å². The van der Waals surface area contributed by atoms with E-state index in [1.54, 1.807) is 0 Å². The van der Waals surface area contributed by atoms with Crippen molar-refractivity contribution in [3.8, 4) is 0 Å². The first-order chi connectivity index (χ1) is 7.54. The number of hydrogen-bond acceptors (Lipinski definition) is 4. The molecule has 0 radical (unpaired) electrons. The Morgan fingerprint density at radius 3 is 2.81 bits per heavy atom. The number of hydrogen-bond donors (Lipinski definition) is 2. The molecule has 0 aliphatic carbocycles. The van der Waals surface area contributed by atoms with E-state index in [1.165, 1.54) is 0 Å². The fraction of sp³-hybridized carbons (Fsp3) is 0.500. The SMILES string of the molecule is CCC(C)CNC(=O)c1cc(C(=O)O)on1. The Hall–Kier alpha value is -1.85. The highest BCUT2D eigenvalue weighted by Crippen LogP contribution is 2.04. The summed E-state index contributed by atoms with van der Waals surface area (Å²) < 4.78 is 4.47. The molecule has 0 bridgehead atoms. The van der Waals surface area contributed by atoms with Crippen LogP contribution < -0.4 is 5.32 Å². The van der Waals surface area contributed by atoms with Crippen LogP contribution >= 0.6 is 0 Å². The average molecular weight is 226 g/mol. The van der Waals surface area contributed by atoms with Crippen molar-refractivity contribution in [2.75, 3.05) is 6.54 Å². The molecule has 0 fully saturated rings. The molecule has 0 saturated carbocycles. The molecular weight excluding hydrogens is 212 g/mol. The van der Waals surface area contributed by atoms with Gasteiger partial charge in [-0.25, -0.2) is 4.79 Å². The first-order valence-corrected chi connectivity index (χ1v) is 5.02. The lowest BCUT2D eigenvalue weighted by molar-refractivity contribution is 0.0651. The molecule has 1 amide bonds. The summed E-state index contributed by atoms with van der Waals surface area (Å²) in [5, 5.41) is 14.6. The molecule has 88 valence electrons. The van der Waals surface area contributed by atoms with Gasteiger partial charge in [-0.15, -0.1) is 0 Å². The molecule has 0 spiro atoms. The number of nitrogens with one attached hydrogen (secondary N) is 1. The van der Waals surface area contributed by atoms with Crippen LogP contribution in [0.2, 0.25) is 0 Å². The Morgan fingerprint density at radius 2 is 2.31 bits per heavy atom. The van der Waals surface area contributed by atoms with Gasteiger partial charge >= 0.3 is 5.97 Å². The van der Waals surface area contributed by atoms with Crippen LogP contribution in [0, 0.1) is 5.92 Å². The standard InChI is InChI=1S/C10H14N2O4/c1-3-6(2)5-11-9(13)7-4-8(10(14)15)16-12-7/h4,6H,3,5H2,1-2H3,(H,11,13)(H,14,15). The van der Waals surface area contributed by atoms with Crippen molar-refractivity contribution in [2.45, 2.75) is 20.3 Å². The van der Waals surface area contributed by atoms with E-state index < -0.39 is 11.9 Å². The number of nitrogens with zero attached hydrogens (tertiary/aromatic N) is 1. The third-order valence-electron chi connectivity index (χ3n) is 2.26. The molecule has 1 aromatic rings. The summed E-state index contributed by atoms with van der Waals surface area (Å²) in [6.07, 6.45) is 0.958. The number of amides is 1. The third kappa shape index (κ3) is 3.08. The summed E-state index contributed by atoms with van der Waals surface area (Å²) >= 11 is 0. The Bertz CT molecular complexity index is 386. The lowest BCUT2D eigenvalue weighted by Gasteiger charge is -2.08. The minimum atomic E-state index is -1.24. The van der Waals surface area contributed by atoms with Crippen molar-refractivity contribution >= 4 is 11.9 Å². The van der Waals surface area contributed by atoms with Gasteiger partial charge in [-0.3, -0.25) is 4.79 Å². The zero-order valence-electron chi connectivity index (χ0n) is 9.19. The second kappa shape index (κ2) is 5.29. The van der Waals surface area contributed by atoms with Crippen LogP contribution in [0.15, 0.2) is 10.6 Å². The van der Waals surface area contributed by atoms with Crippen molar-refractivity contribution in [3.63, 3.8) is 0 Å². The molecule has 6 heteroatoms. The van der Waals surface area contributed by atoms with Crippen LogP contribution in [-0.2, 0) is 0 Å². The normalized spacial score (nSPS) is 12.1. The fourth-order valence-electron chi connectivity index (χ4n) is 0.985. The largest absolute Gasteiger partial charge is 0.475 e. The maximum Gasteiger partial charge on any atom is 0.374 e. The van der Waals surface area contributed by atoms with E-state index in [0.29, 0.717) is 12.5 Å². The zero-order valence-corrected chi connectivity index (χ0v) is 9.19. The van der Waals surface area contributed by atoms with Crippen molar-refractivity contribution in [1.29, 1.82) is 0 Å². The van der Waals surface area contributed by atoms with Crippen molar-refractivity contribution in [1.82, 2.24) is 10.5 Å². The number of carboxylic acid groups (broad SMARTS) is 1. The third-order valence-corrected chi connectivity index (χ3v) is 2.26. The molecule has 1 rings (SSSR count). The van der Waals surface area contributed by atoms with Crippen LogP contribution in [0.25, 0.3) is 0 Å². The van der Waals surface area contributed by atoms with E-state index in [4.69, 9.17) is 5.11 Å². The van der Waals surface area contributed by atoms with Gasteiger partial charge in [0.1, 0.15) is 0 Å². The maximum absolute atomic E-state index is 11.5. The van der Waals surface area contributed by atoms with E-state index >= 15 is 0 Å². The maximum atomic E-state index is 11.5. The Balaban J connectivity index is 2.56. The molecule has 6 nitrogen and oxygen atoms in total. The summed E-state index contributed by atoms with van der Waals surface area (Å²) in [6, 6.07) is 1.11. The van der Waals surface area contributed by atoms with Crippen molar-refractivity contribution in [2.24, 2.45) is 5.92 Å². The van der Waals surface area contributed by atoms with Gasteiger partial charge in [0.15, 0.2) is 5.69 Å². The minimum Gasteiger partial charge on any atom is -0.475 e. The lowest BCUT2D eigenvalue weighted by atomic mass is 10.1. The Kier molecular flexibility index (Phi) is 4.04. The molecule has 16 heavy (non-hydrogen) atoms. The number of aromatic carboxylic acids is 1. The highest BCUT2D eigenvalue weighted by Gasteiger charge is 2.16. The molecule has 1 atom stereocenters. The zero-order chi connectivity index (χ0) is 12.1. The number of carbonyl (C=O) groups is 2. The summed E-state index contributed by atoms with van der Waals surface area (Å²) in [5.74, 6) is -1.63. The van der Waals surface area contributed by atoms with Gasteiger partial charge in [0.2, 0.25) is 5.76 Å². The van der Waals surface area contributed by atoms with Gasteiger partial charge < -0.3 is 14.9 Å². The fourth-order valence-corrected chi connectivity index (χ4v) is 0.985. The van der Waals surface area contributed by atoms with Gasteiger partial charge in [0, 0.05) is 12.6 Å². The van der Waals surface area contributed by atoms with Crippen LogP contribution in [-0.4, -0.2) is 28.7 Å². The van der Waals surface area contributed by atoms with Gasteiger partial charge in [0.05, 0.1) is 0 Å². The number of carbonyl (C=O) groups excluding carboxylic acids is 1. The molecular formula is C10H14N2O4. The average Bonchev–Trinajstić information content (AvgIpc) is 2.74. The lowest BCUT2D eigenvalue weighted by Crippen LogP contribution is -2.28. The first-order valence-electron chi connectivity index (χ1n) is 5.02. The number of aromatic nitrogens is 1. The number of carboxylic acids is 1. The van der Waals surface area contributed by atoms with E-state index in [2.05, 4.69) is 15.0 Å². The quantitative estimate of drug-likeness (QED) is 0.785. The molecule has 1 heterocycles. The monoisotopic (exact) mass is 226 g/mol. The predicted octanol–water partition coefficient (Wildman–Crippen LogP) is 1.15. The van der Waals surface area contributed by atoms with Crippen LogP contribution in [0.1, 0.15) is 41.3 Å². The first kappa shape index (κ1) is 12.2. The summed E-state index contributed by atoms with van der Waals surface area (Å²) in [4.78, 5) is 22.0. The van der Waals surface area contributed by atoms with Crippen LogP contribution in [0.4, 0.5) is 0 Å². The van der Waals surface area contributed by atoms with Crippen LogP contribution in [0.3, 0.4) is 0 Å². The predicted molar refractivity (Wildman–Crippen MR) is 55.3 cm³/mol. The number of rotatable bonds is 5. The molecule has 2 N–H and O–H groups in total. The highest BCUT2D eigenvalue weighted by atomic mass is 16.5. The Labute approximate surface area is 92.6 Å². The summed E-state index contributed by atoms with van der Waals surface area (Å²) in [7, 11) is 0. The highest BCUT2D eigenvalue weighted by molar-refractivity contribution is 5.94. The second-order valence-electron chi connectivity index (χ2n) is 3.61. The minimum absolute atomic E-state index is 0.0132. The molecule has 1 unspecified atom stereocenters. The van der Waals surface area contributed by atoms with E-state index in [0.717, 1.165) is 12.5 Å². The van der Waals surface area contributed by atoms with Gasteiger partial charge in [-0.05, 0) is 5.92 Å². The van der Waals surface area contributed by atoms with Gasteiger partial charge in [-0.1, -0.05) is 25.4 Å². The van der Waals surface area contributed by atoms with Crippen molar-refractivity contribution in [3.05, 3.63) is 17.5 Å². The van der Waals surface area contributed by atoms with Crippen molar-refractivity contribution < 1.29 is 19.2 Å². The van der Waals surface area contributed by atoms with Gasteiger partial charge in [-0.2, -0.15) is 0 Å². The molecule has 1 aromatic heterocycles. The van der Waals surface area contributed by atoms with E-state index in [1.807, 2.05) is 13.8 Å². The van der Waals surface area contributed by atoms with E-state index in [9.17, 15) is 9.59 Å². The second-order valence-corrected chi connectivity index (χ2v) is 3.61.